The minimum Gasteiger partial charge on any atom is -0.507 e. The van der Waals surface area contributed by atoms with E-state index in [0.29, 0.717) is 0 Å². The quantitative estimate of drug-likeness (QED) is 0.856. The van der Waals surface area contributed by atoms with E-state index in [1.54, 1.807) is 7.11 Å². The maximum Gasteiger partial charge on any atom is 0.127 e. The predicted octanol–water partition coefficient (Wildman–Crippen LogP) is 3.71. The first kappa shape index (κ1) is 13.4. The molecule has 2 aromatic carbocycles. The van der Waals surface area contributed by atoms with Gasteiger partial charge in [-0.05, 0) is 18.6 Å². The van der Waals surface area contributed by atoms with Crippen molar-refractivity contribution in [3.05, 3.63) is 29.8 Å². The summed E-state index contributed by atoms with van der Waals surface area (Å²) in [6, 6.07) is 7.57. The topological polar surface area (TPSA) is 32.7 Å². The van der Waals surface area contributed by atoms with E-state index in [-0.39, 0.29) is 17.0 Å². The van der Waals surface area contributed by atoms with Gasteiger partial charge in [0.05, 0.1) is 7.11 Å². The molecule has 3 nitrogen and oxygen atoms in total. The van der Waals surface area contributed by atoms with Crippen LogP contribution in [0.2, 0.25) is 0 Å². The molecule has 0 bridgehead atoms. The van der Waals surface area contributed by atoms with Crippen molar-refractivity contribution in [1.29, 1.82) is 0 Å². The lowest BCUT2D eigenvalue weighted by Crippen LogP contribution is -2.19. The van der Waals surface area contributed by atoms with Gasteiger partial charge in [-0.15, -0.1) is 11.6 Å². The van der Waals surface area contributed by atoms with Gasteiger partial charge in [-0.25, -0.2) is 0 Å². The van der Waals surface area contributed by atoms with Crippen LogP contribution in [-0.2, 0) is 0 Å². The van der Waals surface area contributed by atoms with Crippen molar-refractivity contribution < 1.29 is 9.84 Å². The molecule has 0 fully saturated rings. The summed E-state index contributed by atoms with van der Waals surface area (Å²) in [5, 5.41) is 12.1. The van der Waals surface area contributed by atoms with Gasteiger partial charge in [0.2, 0.25) is 0 Å². The fraction of sp³-hybridized carbons (Fsp3) is 0.375. The Labute approximate surface area is 123 Å². The van der Waals surface area contributed by atoms with Crippen LogP contribution >= 0.6 is 11.6 Å². The van der Waals surface area contributed by atoms with Crippen LogP contribution in [0.15, 0.2) is 24.3 Å². The molecular formula is C16H18ClNO2. The lowest BCUT2D eigenvalue weighted by atomic mass is 9.92. The maximum absolute atomic E-state index is 10.3. The number of likely N-dealkylation sites (N-methyl/N-ethyl adjacent to an activating group) is 1. The van der Waals surface area contributed by atoms with E-state index in [9.17, 15) is 5.11 Å². The number of hydrogen-bond acceptors (Lipinski definition) is 3. The lowest BCUT2D eigenvalue weighted by molar-refractivity contribution is 0.419. The highest BCUT2D eigenvalue weighted by Gasteiger charge is 2.33. The van der Waals surface area contributed by atoms with Gasteiger partial charge in [0.15, 0.2) is 0 Å². The average Bonchev–Trinajstić information content (AvgIpc) is 2.76. The molecule has 20 heavy (non-hydrogen) atoms. The van der Waals surface area contributed by atoms with Gasteiger partial charge < -0.3 is 14.7 Å². The summed E-state index contributed by atoms with van der Waals surface area (Å²) >= 11 is 6.38. The average molecular weight is 292 g/mol. The number of fused-ring (bicyclic) bond motifs is 3. The highest BCUT2D eigenvalue weighted by molar-refractivity contribution is 6.21. The minimum atomic E-state index is 0.0244. The summed E-state index contributed by atoms with van der Waals surface area (Å²) in [6.07, 6.45) is 0. The molecule has 0 radical (unpaired) electrons. The first-order chi connectivity index (χ1) is 9.54. The monoisotopic (exact) mass is 291 g/mol. The molecule has 0 spiro atoms. The van der Waals surface area contributed by atoms with E-state index in [2.05, 4.69) is 4.90 Å². The van der Waals surface area contributed by atoms with E-state index in [1.807, 2.05) is 38.2 Å². The van der Waals surface area contributed by atoms with E-state index >= 15 is 0 Å². The van der Waals surface area contributed by atoms with Crippen LogP contribution in [0, 0.1) is 0 Å². The second-order valence-corrected chi connectivity index (χ2v) is 6.06. The molecule has 0 saturated carbocycles. The van der Waals surface area contributed by atoms with Gasteiger partial charge >= 0.3 is 0 Å². The van der Waals surface area contributed by atoms with Crippen molar-refractivity contribution in [1.82, 2.24) is 0 Å². The molecule has 2 unspecified atom stereocenters. The van der Waals surface area contributed by atoms with Crippen LogP contribution in [0.3, 0.4) is 0 Å². The number of anilines is 1. The number of phenolic OH excluding ortho intramolecular Hbond substituents is 1. The molecule has 1 heterocycles. The maximum atomic E-state index is 10.3. The summed E-state index contributed by atoms with van der Waals surface area (Å²) in [5.41, 5.74) is 2.22. The molecule has 3 rings (SSSR count). The van der Waals surface area contributed by atoms with Gasteiger partial charge in [-0.3, -0.25) is 0 Å². The van der Waals surface area contributed by atoms with Crippen LogP contribution in [0.1, 0.15) is 18.4 Å². The lowest BCUT2D eigenvalue weighted by Gasteiger charge is -2.17. The Morgan fingerprint density at radius 1 is 1.45 bits per heavy atom. The van der Waals surface area contributed by atoms with Crippen LogP contribution in [0.4, 0.5) is 5.69 Å². The SMILES string of the molecule is COc1cccc2c(O)cc3c(c12)C(C(C)Cl)CN3C. The van der Waals surface area contributed by atoms with E-state index in [1.165, 1.54) is 5.56 Å². The van der Waals surface area contributed by atoms with Crippen molar-refractivity contribution in [2.75, 3.05) is 25.6 Å². The predicted molar refractivity (Wildman–Crippen MR) is 83.5 cm³/mol. The molecule has 1 aliphatic heterocycles. The molecule has 0 amide bonds. The Balaban J connectivity index is 2.41. The van der Waals surface area contributed by atoms with Crippen molar-refractivity contribution in [3.63, 3.8) is 0 Å². The number of hydrogen-bond donors (Lipinski definition) is 1. The molecular weight excluding hydrogens is 274 g/mol. The molecule has 0 aromatic heterocycles. The zero-order valence-corrected chi connectivity index (χ0v) is 12.6. The number of methoxy groups -OCH3 is 1. The second kappa shape index (κ2) is 4.74. The molecule has 4 heteroatoms. The number of phenols is 1. The third-order valence-electron chi connectivity index (χ3n) is 4.15. The van der Waals surface area contributed by atoms with E-state index in [0.717, 1.165) is 28.8 Å². The van der Waals surface area contributed by atoms with Crippen LogP contribution in [0.5, 0.6) is 11.5 Å². The zero-order chi connectivity index (χ0) is 14.4. The zero-order valence-electron chi connectivity index (χ0n) is 11.9. The smallest absolute Gasteiger partial charge is 0.127 e. The van der Waals surface area contributed by atoms with Gasteiger partial charge in [0, 0.05) is 47.4 Å². The highest BCUT2D eigenvalue weighted by Crippen LogP contribution is 2.48. The molecule has 2 atom stereocenters. The molecule has 0 aliphatic carbocycles. The summed E-state index contributed by atoms with van der Waals surface area (Å²) in [6.45, 7) is 2.87. The third-order valence-corrected chi connectivity index (χ3v) is 4.45. The van der Waals surface area contributed by atoms with Crippen LogP contribution < -0.4 is 9.64 Å². The number of benzene rings is 2. The number of halogens is 1. The van der Waals surface area contributed by atoms with E-state index in [4.69, 9.17) is 16.3 Å². The molecule has 1 N–H and O–H groups in total. The minimum absolute atomic E-state index is 0.0244. The Morgan fingerprint density at radius 2 is 2.20 bits per heavy atom. The fourth-order valence-electron chi connectivity index (χ4n) is 3.16. The van der Waals surface area contributed by atoms with Crippen LogP contribution in [0.25, 0.3) is 10.8 Å². The van der Waals surface area contributed by atoms with Crippen molar-refractivity contribution in [2.24, 2.45) is 0 Å². The first-order valence-electron chi connectivity index (χ1n) is 6.72. The summed E-state index contributed by atoms with van der Waals surface area (Å²) in [5.74, 6) is 1.30. The molecule has 0 saturated heterocycles. The molecule has 2 aromatic rings. The third kappa shape index (κ3) is 1.80. The highest BCUT2D eigenvalue weighted by atomic mass is 35.5. The van der Waals surface area contributed by atoms with Gasteiger partial charge in [0.1, 0.15) is 11.5 Å². The number of rotatable bonds is 2. The van der Waals surface area contributed by atoms with Crippen molar-refractivity contribution in [3.8, 4) is 11.5 Å². The second-order valence-electron chi connectivity index (χ2n) is 5.38. The molecule has 1 aliphatic rings. The van der Waals surface area contributed by atoms with Crippen molar-refractivity contribution in [2.45, 2.75) is 18.2 Å². The normalized spacial score (nSPS) is 19.2. The summed E-state index contributed by atoms with van der Waals surface area (Å²) in [7, 11) is 3.68. The van der Waals surface area contributed by atoms with Gasteiger partial charge in [-0.1, -0.05) is 12.1 Å². The van der Waals surface area contributed by atoms with Gasteiger partial charge in [0.25, 0.3) is 0 Å². The summed E-state index contributed by atoms with van der Waals surface area (Å²) in [4.78, 5) is 2.14. The fourth-order valence-corrected chi connectivity index (χ4v) is 3.36. The standard InChI is InChI=1S/C16H18ClNO2/c1-9(17)11-8-18(2)12-7-13(19)10-5-4-6-14(20-3)16(10)15(11)12/h4-7,9,11,19H,8H2,1-3H3. The number of nitrogens with zero attached hydrogens (tertiary/aromatic N) is 1. The largest absolute Gasteiger partial charge is 0.507 e. The van der Waals surface area contributed by atoms with E-state index < -0.39 is 0 Å². The van der Waals surface area contributed by atoms with Gasteiger partial charge in [-0.2, -0.15) is 0 Å². The Kier molecular flexibility index (Phi) is 3.17. The Bertz CT molecular complexity index is 669. The molecule has 106 valence electrons. The van der Waals surface area contributed by atoms with Crippen LogP contribution in [-0.4, -0.2) is 31.2 Å². The number of aromatic hydroxyl groups is 1. The summed E-state index contributed by atoms with van der Waals surface area (Å²) < 4.78 is 5.50. The Hall–Kier alpha value is -1.61. The first-order valence-corrected chi connectivity index (χ1v) is 7.16. The Morgan fingerprint density at radius 3 is 2.85 bits per heavy atom. The number of ether oxygens (including phenoxy) is 1. The number of alkyl halides is 1. The van der Waals surface area contributed by atoms with Crippen molar-refractivity contribution >= 4 is 28.1 Å².